The number of hydrogen-bond acceptors (Lipinski definition) is 6. The van der Waals surface area contributed by atoms with Gasteiger partial charge < -0.3 is 20.1 Å². The van der Waals surface area contributed by atoms with Crippen molar-refractivity contribution in [2.24, 2.45) is 5.92 Å². The summed E-state index contributed by atoms with van der Waals surface area (Å²) in [5, 5.41) is 15.1. The monoisotopic (exact) mass is 433 g/mol. The van der Waals surface area contributed by atoms with Crippen LogP contribution in [0.4, 0.5) is 0 Å². The van der Waals surface area contributed by atoms with E-state index >= 15 is 0 Å². The van der Waals surface area contributed by atoms with Gasteiger partial charge in [0.25, 0.3) is 5.91 Å². The molecular formula is C21H28ClN5O3. The zero-order valence-electron chi connectivity index (χ0n) is 17.1. The van der Waals surface area contributed by atoms with Gasteiger partial charge in [0.2, 0.25) is 0 Å². The third-order valence-corrected chi connectivity index (χ3v) is 6.10. The van der Waals surface area contributed by atoms with Crippen LogP contribution in [-0.4, -0.2) is 47.2 Å². The fraction of sp³-hybridized carbons (Fsp3) is 0.571. The number of nitrogens with zero attached hydrogens (tertiary/aromatic N) is 3. The molecule has 1 aliphatic carbocycles. The van der Waals surface area contributed by atoms with Crippen LogP contribution in [0.5, 0.6) is 11.5 Å². The van der Waals surface area contributed by atoms with Crippen LogP contribution in [0.15, 0.2) is 18.2 Å². The molecule has 1 amide bonds. The molecule has 3 aliphatic rings. The highest BCUT2D eigenvalue weighted by Gasteiger charge is 2.35. The van der Waals surface area contributed by atoms with E-state index in [2.05, 4.69) is 20.9 Å². The lowest BCUT2D eigenvalue weighted by Gasteiger charge is -2.24. The van der Waals surface area contributed by atoms with Crippen LogP contribution in [-0.2, 0) is 0 Å². The Morgan fingerprint density at radius 1 is 1.17 bits per heavy atom. The third-order valence-electron chi connectivity index (χ3n) is 6.10. The second kappa shape index (κ2) is 8.81. The smallest absolute Gasteiger partial charge is 0.274 e. The normalized spacial score (nSPS) is 19.6. The molecule has 1 aromatic heterocycles. The summed E-state index contributed by atoms with van der Waals surface area (Å²) >= 11 is 0. The Morgan fingerprint density at radius 2 is 1.90 bits per heavy atom. The van der Waals surface area contributed by atoms with Gasteiger partial charge in [-0.15, -0.1) is 17.5 Å². The van der Waals surface area contributed by atoms with Crippen LogP contribution in [0.3, 0.4) is 0 Å². The van der Waals surface area contributed by atoms with Crippen LogP contribution < -0.4 is 20.1 Å². The van der Waals surface area contributed by atoms with Crippen molar-refractivity contribution in [2.45, 2.75) is 44.7 Å². The molecule has 5 rings (SSSR count). The molecule has 2 N–H and O–H groups in total. The van der Waals surface area contributed by atoms with Crippen molar-refractivity contribution >= 4 is 18.3 Å². The molecule has 1 aromatic carbocycles. The first-order chi connectivity index (χ1) is 14.2. The number of carbonyl (C=O) groups is 1. The van der Waals surface area contributed by atoms with E-state index in [9.17, 15) is 4.79 Å². The number of hydrogen-bond donors (Lipinski definition) is 2. The highest BCUT2D eigenvalue weighted by atomic mass is 35.5. The lowest BCUT2D eigenvalue weighted by Crippen LogP contribution is -2.32. The number of carbonyl (C=O) groups excluding carboxylic acids is 1. The lowest BCUT2D eigenvalue weighted by atomic mass is 10.0. The van der Waals surface area contributed by atoms with Gasteiger partial charge in [0.1, 0.15) is 13.2 Å². The highest BCUT2D eigenvalue weighted by Crippen LogP contribution is 2.43. The molecule has 2 aromatic rings. The second-order valence-electron chi connectivity index (χ2n) is 8.14. The number of fused-ring (bicyclic) bond motifs is 1. The summed E-state index contributed by atoms with van der Waals surface area (Å²) in [7, 11) is 0. The molecule has 0 radical (unpaired) electrons. The summed E-state index contributed by atoms with van der Waals surface area (Å²) in [6, 6.07) is 6.21. The molecule has 3 heterocycles. The zero-order valence-corrected chi connectivity index (χ0v) is 17.9. The van der Waals surface area contributed by atoms with Gasteiger partial charge in [-0.05, 0) is 69.3 Å². The molecule has 0 spiro atoms. The number of halogens is 1. The first kappa shape index (κ1) is 20.9. The van der Waals surface area contributed by atoms with Gasteiger partial charge in [-0.3, -0.25) is 4.79 Å². The maximum atomic E-state index is 13.1. The van der Waals surface area contributed by atoms with Crippen molar-refractivity contribution in [3.63, 3.8) is 0 Å². The number of benzene rings is 1. The Hall–Kier alpha value is -2.32. The predicted molar refractivity (Wildman–Crippen MR) is 114 cm³/mol. The van der Waals surface area contributed by atoms with Crippen LogP contribution in [0.2, 0.25) is 0 Å². The number of amides is 1. The lowest BCUT2D eigenvalue weighted by molar-refractivity contribution is 0.0925. The van der Waals surface area contributed by atoms with E-state index in [1.165, 1.54) is 0 Å². The molecule has 2 aliphatic heterocycles. The van der Waals surface area contributed by atoms with Gasteiger partial charge >= 0.3 is 0 Å². The Balaban J connectivity index is 0.00000218. The van der Waals surface area contributed by atoms with E-state index < -0.39 is 0 Å². The predicted octanol–water partition coefficient (Wildman–Crippen LogP) is 2.59. The van der Waals surface area contributed by atoms with Crippen LogP contribution in [0, 0.1) is 12.8 Å². The van der Waals surface area contributed by atoms with Crippen LogP contribution in [0.25, 0.3) is 0 Å². The maximum Gasteiger partial charge on any atom is 0.274 e. The Labute approximate surface area is 182 Å². The van der Waals surface area contributed by atoms with Gasteiger partial charge in [0.15, 0.2) is 17.2 Å². The summed E-state index contributed by atoms with van der Waals surface area (Å²) in [6.45, 7) is 5.00. The van der Waals surface area contributed by atoms with Gasteiger partial charge in [0.05, 0.1) is 17.8 Å². The second-order valence-corrected chi connectivity index (χ2v) is 8.14. The molecule has 1 atom stereocenters. The highest BCUT2D eigenvalue weighted by molar-refractivity contribution is 5.93. The SMILES string of the molecule is Cc1c(C(=O)NC(c2ccc3c(c2)OCCO3)C2CC2)nnn1C1CCNCC1.Cl. The van der Waals surface area contributed by atoms with Crippen molar-refractivity contribution in [3.8, 4) is 11.5 Å². The van der Waals surface area contributed by atoms with Crippen molar-refractivity contribution < 1.29 is 14.3 Å². The van der Waals surface area contributed by atoms with Crippen LogP contribution >= 0.6 is 12.4 Å². The zero-order chi connectivity index (χ0) is 19.8. The number of rotatable bonds is 5. The molecule has 1 unspecified atom stereocenters. The molecule has 162 valence electrons. The average Bonchev–Trinajstić information content (AvgIpc) is 3.53. The van der Waals surface area contributed by atoms with Gasteiger partial charge in [-0.25, -0.2) is 4.68 Å². The average molecular weight is 434 g/mol. The summed E-state index contributed by atoms with van der Waals surface area (Å²) in [5.41, 5.74) is 2.31. The fourth-order valence-electron chi connectivity index (χ4n) is 4.31. The Morgan fingerprint density at radius 3 is 2.63 bits per heavy atom. The number of piperidine rings is 1. The molecular weight excluding hydrogens is 406 g/mol. The van der Waals surface area contributed by atoms with Gasteiger partial charge in [-0.1, -0.05) is 11.3 Å². The Kier molecular flexibility index (Phi) is 6.15. The van der Waals surface area contributed by atoms with Crippen molar-refractivity contribution in [2.75, 3.05) is 26.3 Å². The summed E-state index contributed by atoms with van der Waals surface area (Å²) in [4.78, 5) is 13.1. The van der Waals surface area contributed by atoms with E-state index in [1.807, 2.05) is 29.8 Å². The van der Waals surface area contributed by atoms with Crippen molar-refractivity contribution in [1.82, 2.24) is 25.6 Å². The maximum absolute atomic E-state index is 13.1. The molecule has 0 bridgehead atoms. The van der Waals surface area contributed by atoms with E-state index in [-0.39, 0.29) is 24.4 Å². The van der Waals surface area contributed by atoms with Crippen molar-refractivity contribution in [3.05, 3.63) is 35.2 Å². The molecule has 30 heavy (non-hydrogen) atoms. The van der Waals surface area contributed by atoms with E-state index in [0.717, 1.165) is 61.5 Å². The molecule has 9 heteroatoms. The number of nitrogens with one attached hydrogen (secondary N) is 2. The first-order valence-electron chi connectivity index (χ1n) is 10.5. The van der Waals surface area contributed by atoms with Gasteiger partial charge in [-0.2, -0.15) is 0 Å². The molecule has 1 saturated heterocycles. The Bertz CT molecular complexity index is 908. The minimum atomic E-state index is -0.158. The fourth-order valence-corrected chi connectivity index (χ4v) is 4.31. The van der Waals surface area contributed by atoms with E-state index in [4.69, 9.17) is 9.47 Å². The molecule has 8 nitrogen and oxygen atoms in total. The first-order valence-corrected chi connectivity index (χ1v) is 10.5. The van der Waals surface area contributed by atoms with E-state index in [1.54, 1.807) is 0 Å². The van der Waals surface area contributed by atoms with Crippen LogP contribution in [0.1, 0.15) is 59.5 Å². The number of ether oxygens (including phenoxy) is 2. The van der Waals surface area contributed by atoms with E-state index in [0.29, 0.717) is 30.9 Å². The summed E-state index contributed by atoms with van der Waals surface area (Å²) in [6.07, 6.45) is 4.24. The third kappa shape index (κ3) is 4.11. The van der Waals surface area contributed by atoms with Gasteiger partial charge in [0, 0.05) is 0 Å². The molecule has 2 fully saturated rings. The van der Waals surface area contributed by atoms with Crippen molar-refractivity contribution in [1.29, 1.82) is 0 Å². The largest absolute Gasteiger partial charge is 0.486 e. The molecule has 1 saturated carbocycles. The summed E-state index contributed by atoms with van der Waals surface area (Å²) < 4.78 is 13.3. The topological polar surface area (TPSA) is 90.3 Å². The summed E-state index contributed by atoms with van der Waals surface area (Å²) in [5.74, 6) is 1.80. The minimum absolute atomic E-state index is 0. The number of aromatic nitrogens is 3. The minimum Gasteiger partial charge on any atom is -0.486 e. The standard InChI is InChI=1S/C21H27N5O3.ClH/c1-13-19(24-25-26(13)16-6-8-22-9-7-16)21(27)23-20(14-2-3-14)15-4-5-17-18(12-15)29-11-10-28-17;/h4-5,12,14,16,20,22H,2-3,6-11H2,1H3,(H,23,27);1H. The quantitative estimate of drug-likeness (QED) is 0.753.